The molecule has 0 unspecified atom stereocenters. The van der Waals surface area contributed by atoms with Gasteiger partial charge < -0.3 is 10.4 Å². The SMILES string of the molecule is Cc1cc(CNC2(CO)CCCCC2)ccc1F. The summed E-state index contributed by atoms with van der Waals surface area (Å²) in [7, 11) is 0. The second-order valence-electron chi connectivity index (χ2n) is 5.44. The first kappa shape index (κ1) is 13.5. The minimum atomic E-state index is -0.159. The number of hydrogen-bond acceptors (Lipinski definition) is 2. The summed E-state index contributed by atoms with van der Waals surface area (Å²) in [5.74, 6) is -0.159. The third-order valence-corrected chi connectivity index (χ3v) is 4.00. The minimum Gasteiger partial charge on any atom is -0.394 e. The number of nitrogens with one attached hydrogen (secondary N) is 1. The summed E-state index contributed by atoms with van der Waals surface area (Å²) in [5, 5.41) is 13.1. The van der Waals surface area contributed by atoms with E-state index in [1.165, 1.54) is 25.3 Å². The van der Waals surface area contributed by atoms with Gasteiger partial charge >= 0.3 is 0 Å². The summed E-state index contributed by atoms with van der Waals surface area (Å²) in [5.41, 5.74) is 1.63. The zero-order chi connectivity index (χ0) is 13.0. The maximum Gasteiger partial charge on any atom is 0.126 e. The van der Waals surface area contributed by atoms with Gasteiger partial charge in [-0.05, 0) is 37.0 Å². The molecule has 0 saturated heterocycles. The Morgan fingerprint density at radius 3 is 2.61 bits per heavy atom. The van der Waals surface area contributed by atoms with Crippen LogP contribution < -0.4 is 5.32 Å². The number of aliphatic hydroxyl groups excluding tert-OH is 1. The van der Waals surface area contributed by atoms with Crippen LogP contribution in [0, 0.1) is 12.7 Å². The summed E-state index contributed by atoms with van der Waals surface area (Å²) in [4.78, 5) is 0. The topological polar surface area (TPSA) is 32.3 Å². The number of aliphatic hydroxyl groups is 1. The van der Waals surface area contributed by atoms with Gasteiger partial charge in [-0.1, -0.05) is 31.4 Å². The predicted octanol–water partition coefficient (Wildman–Crippen LogP) is 2.92. The lowest BCUT2D eigenvalue weighted by Gasteiger charge is -2.36. The normalized spacial score (nSPS) is 18.8. The fourth-order valence-electron chi connectivity index (χ4n) is 2.73. The molecular formula is C15H22FNO. The highest BCUT2D eigenvalue weighted by atomic mass is 19.1. The van der Waals surface area contributed by atoms with Crippen molar-refractivity contribution >= 4 is 0 Å². The molecule has 0 spiro atoms. The van der Waals surface area contributed by atoms with Gasteiger partial charge in [0.25, 0.3) is 0 Å². The summed E-state index contributed by atoms with van der Waals surface area (Å²) >= 11 is 0. The molecule has 2 N–H and O–H groups in total. The van der Waals surface area contributed by atoms with Crippen LogP contribution in [0.4, 0.5) is 4.39 Å². The second kappa shape index (κ2) is 5.81. The lowest BCUT2D eigenvalue weighted by Crippen LogP contribution is -2.49. The molecule has 0 aromatic heterocycles. The van der Waals surface area contributed by atoms with Crippen molar-refractivity contribution in [2.75, 3.05) is 6.61 Å². The van der Waals surface area contributed by atoms with Gasteiger partial charge in [-0.2, -0.15) is 0 Å². The smallest absolute Gasteiger partial charge is 0.126 e. The molecule has 100 valence electrons. The molecule has 2 rings (SSSR count). The standard InChI is InChI=1S/C15H22FNO/c1-12-9-13(5-6-14(12)16)10-17-15(11-18)7-3-2-4-8-15/h5-6,9,17-18H,2-4,7-8,10-11H2,1H3. The van der Waals surface area contributed by atoms with Crippen molar-refractivity contribution < 1.29 is 9.50 Å². The Bertz CT molecular complexity index is 399. The number of benzene rings is 1. The molecule has 0 amide bonds. The van der Waals surface area contributed by atoms with E-state index in [4.69, 9.17) is 0 Å². The Morgan fingerprint density at radius 2 is 2.00 bits per heavy atom. The van der Waals surface area contributed by atoms with E-state index < -0.39 is 0 Å². The van der Waals surface area contributed by atoms with E-state index in [2.05, 4.69) is 5.32 Å². The molecule has 0 atom stereocenters. The molecule has 0 aliphatic heterocycles. The number of hydrogen-bond donors (Lipinski definition) is 2. The van der Waals surface area contributed by atoms with Crippen molar-refractivity contribution in [3.05, 3.63) is 35.1 Å². The van der Waals surface area contributed by atoms with E-state index in [1.807, 2.05) is 12.1 Å². The minimum absolute atomic E-state index is 0.124. The van der Waals surface area contributed by atoms with Gasteiger partial charge in [0.05, 0.1) is 6.61 Å². The van der Waals surface area contributed by atoms with Gasteiger partial charge in [0.1, 0.15) is 5.82 Å². The van der Waals surface area contributed by atoms with E-state index >= 15 is 0 Å². The fraction of sp³-hybridized carbons (Fsp3) is 0.600. The Hall–Kier alpha value is -0.930. The third kappa shape index (κ3) is 3.09. The summed E-state index contributed by atoms with van der Waals surface area (Å²) in [6.07, 6.45) is 5.68. The number of aryl methyl sites for hydroxylation is 1. The first-order valence-corrected chi connectivity index (χ1v) is 6.76. The van der Waals surface area contributed by atoms with Gasteiger partial charge in [-0.3, -0.25) is 0 Å². The van der Waals surface area contributed by atoms with Crippen molar-refractivity contribution in [3.63, 3.8) is 0 Å². The zero-order valence-electron chi connectivity index (χ0n) is 11.0. The molecular weight excluding hydrogens is 229 g/mol. The molecule has 1 aliphatic carbocycles. The lowest BCUT2D eigenvalue weighted by atomic mass is 9.82. The summed E-state index contributed by atoms with van der Waals surface area (Å²) in [6, 6.07) is 5.19. The average molecular weight is 251 g/mol. The monoisotopic (exact) mass is 251 g/mol. The molecule has 1 aromatic carbocycles. The summed E-state index contributed by atoms with van der Waals surface area (Å²) in [6.45, 7) is 2.66. The quantitative estimate of drug-likeness (QED) is 0.862. The molecule has 0 radical (unpaired) electrons. The Labute approximate surface area is 108 Å². The van der Waals surface area contributed by atoms with Crippen LogP contribution >= 0.6 is 0 Å². The average Bonchev–Trinajstić information content (AvgIpc) is 2.41. The highest BCUT2D eigenvalue weighted by Gasteiger charge is 2.30. The van der Waals surface area contributed by atoms with Crippen LogP contribution in [0.1, 0.15) is 43.2 Å². The largest absolute Gasteiger partial charge is 0.394 e. The molecule has 1 aromatic rings. The molecule has 0 heterocycles. The molecule has 1 fully saturated rings. The molecule has 0 bridgehead atoms. The van der Waals surface area contributed by atoms with Gasteiger partial charge in [0, 0.05) is 12.1 Å². The highest BCUT2D eigenvalue weighted by molar-refractivity contribution is 5.24. The van der Waals surface area contributed by atoms with Crippen molar-refractivity contribution in [1.29, 1.82) is 0 Å². The van der Waals surface area contributed by atoms with Crippen molar-refractivity contribution in [1.82, 2.24) is 5.32 Å². The van der Waals surface area contributed by atoms with Crippen LogP contribution in [0.15, 0.2) is 18.2 Å². The highest BCUT2D eigenvalue weighted by Crippen LogP contribution is 2.28. The molecule has 3 heteroatoms. The van der Waals surface area contributed by atoms with Crippen LogP contribution in [0.2, 0.25) is 0 Å². The van der Waals surface area contributed by atoms with Gasteiger partial charge in [-0.15, -0.1) is 0 Å². The zero-order valence-corrected chi connectivity index (χ0v) is 11.0. The van der Waals surface area contributed by atoms with Gasteiger partial charge in [0.15, 0.2) is 0 Å². The Kier molecular flexibility index (Phi) is 4.36. The summed E-state index contributed by atoms with van der Waals surface area (Å²) < 4.78 is 13.2. The van der Waals surface area contributed by atoms with Crippen LogP contribution in [0.3, 0.4) is 0 Å². The van der Waals surface area contributed by atoms with Crippen LogP contribution in [-0.2, 0) is 6.54 Å². The number of halogens is 1. The van der Waals surface area contributed by atoms with E-state index in [0.29, 0.717) is 12.1 Å². The van der Waals surface area contributed by atoms with E-state index in [-0.39, 0.29) is 18.0 Å². The van der Waals surface area contributed by atoms with Crippen molar-refractivity contribution in [2.24, 2.45) is 0 Å². The molecule has 1 saturated carbocycles. The number of rotatable bonds is 4. The van der Waals surface area contributed by atoms with Crippen LogP contribution in [-0.4, -0.2) is 17.3 Å². The maximum absolute atomic E-state index is 13.2. The van der Waals surface area contributed by atoms with Gasteiger partial charge in [0.2, 0.25) is 0 Å². The first-order valence-electron chi connectivity index (χ1n) is 6.76. The Morgan fingerprint density at radius 1 is 1.28 bits per heavy atom. The fourth-order valence-corrected chi connectivity index (χ4v) is 2.73. The molecule has 1 aliphatic rings. The van der Waals surface area contributed by atoms with Crippen molar-refractivity contribution in [3.8, 4) is 0 Å². The maximum atomic E-state index is 13.2. The van der Waals surface area contributed by atoms with Gasteiger partial charge in [-0.25, -0.2) is 4.39 Å². The van der Waals surface area contributed by atoms with Crippen LogP contribution in [0.25, 0.3) is 0 Å². The lowest BCUT2D eigenvalue weighted by molar-refractivity contribution is 0.119. The van der Waals surface area contributed by atoms with Crippen molar-refractivity contribution in [2.45, 2.75) is 51.1 Å². The van der Waals surface area contributed by atoms with E-state index in [1.54, 1.807) is 6.92 Å². The predicted molar refractivity (Wildman–Crippen MR) is 70.9 cm³/mol. The third-order valence-electron chi connectivity index (χ3n) is 4.00. The second-order valence-corrected chi connectivity index (χ2v) is 5.44. The molecule has 2 nitrogen and oxygen atoms in total. The molecule has 18 heavy (non-hydrogen) atoms. The van der Waals surface area contributed by atoms with Crippen LogP contribution in [0.5, 0.6) is 0 Å². The Balaban J connectivity index is 1.98. The first-order chi connectivity index (χ1) is 8.65. The van der Waals surface area contributed by atoms with E-state index in [9.17, 15) is 9.50 Å². The van der Waals surface area contributed by atoms with E-state index in [0.717, 1.165) is 18.4 Å².